The Labute approximate surface area is 133 Å². The lowest BCUT2D eigenvalue weighted by Gasteiger charge is -2.02. The van der Waals surface area contributed by atoms with E-state index in [9.17, 15) is 0 Å². The fourth-order valence-electron chi connectivity index (χ4n) is 1.65. The monoisotopic (exact) mass is 344 g/mol. The van der Waals surface area contributed by atoms with Crippen molar-refractivity contribution in [3.05, 3.63) is 46.1 Å². The highest BCUT2D eigenvalue weighted by Crippen LogP contribution is 2.39. The molecule has 0 saturated carbocycles. The van der Waals surface area contributed by atoms with Gasteiger partial charge in [-0.2, -0.15) is 0 Å². The van der Waals surface area contributed by atoms with Gasteiger partial charge < -0.3 is 4.42 Å². The lowest BCUT2D eigenvalue weighted by molar-refractivity contribution is 0.604. The first-order valence-electron chi connectivity index (χ1n) is 5.60. The molecule has 0 atom stereocenters. The maximum absolute atomic E-state index is 5.74. The van der Waals surface area contributed by atoms with Crippen LogP contribution in [0.1, 0.15) is 15.8 Å². The molecular weight excluding hydrogens is 339 g/mol. The zero-order valence-corrected chi connectivity index (χ0v) is 13.0. The van der Waals surface area contributed by atoms with Gasteiger partial charge >= 0.3 is 0 Å². The number of fused-ring (bicyclic) bond motifs is 1. The number of rotatable bonds is 2. The van der Waals surface area contributed by atoms with E-state index >= 15 is 0 Å². The molecule has 0 saturated heterocycles. The standard InChI is InChI=1S/C13H7Cl3N2OS/c14-13(15,16)12-18-17-11(20-12)6-5-9-7-8-3-1-2-4-10(8)19-9/h1-7H/b6-5+. The van der Waals surface area contributed by atoms with Crippen LogP contribution in [0.4, 0.5) is 0 Å². The van der Waals surface area contributed by atoms with Gasteiger partial charge in [0, 0.05) is 5.39 Å². The molecule has 3 rings (SSSR count). The number of nitrogens with zero attached hydrogens (tertiary/aromatic N) is 2. The molecule has 0 aliphatic rings. The van der Waals surface area contributed by atoms with E-state index in [2.05, 4.69) is 10.2 Å². The molecule has 0 spiro atoms. The van der Waals surface area contributed by atoms with E-state index < -0.39 is 3.79 Å². The second-order valence-corrected chi connectivity index (χ2v) is 7.25. The second-order valence-electron chi connectivity index (χ2n) is 3.96. The van der Waals surface area contributed by atoms with Crippen molar-refractivity contribution in [1.82, 2.24) is 10.2 Å². The maximum atomic E-state index is 5.74. The van der Waals surface area contributed by atoms with Crippen LogP contribution in [0.3, 0.4) is 0 Å². The minimum absolute atomic E-state index is 0.340. The summed E-state index contributed by atoms with van der Waals surface area (Å²) in [4.78, 5) is 0. The Balaban J connectivity index is 1.85. The maximum Gasteiger partial charge on any atom is 0.243 e. The summed E-state index contributed by atoms with van der Waals surface area (Å²) in [6.45, 7) is 0. The molecule has 2 aromatic heterocycles. The Morgan fingerprint density at radius 2 is 1.90 bits per heavy atom. The largest absolute Gasteiger partial charge is 0.457 e. The Kier molecular flexibility index (Phi) is 3.73. The minimum atomic E-state index is -1.54. The number of alkyl halides is 3. The molecule has 7 heteroatoms. The fraction of sp³-hybridized carbons (Fsp3) is 0.0769. The molecule has 0 unspecified atom stereocenters. The van der Waals surface area contributed by atoms with E-state index in [1.165, 1.54) is 11.3 Å². The van der Waals surface area contributed by atoms with E-state index in [1.54, 1.807) is 6.08 Å². The van der Waals surface area contributed by atoms with Gasteiger partial charge in [0.25, 0.3) is 0 Å². The van der Waals surface area contributed by atoms with Gasteiger partial charge in [0.1, 0.15) is 16.4 Å². The van der Waals surface area contributed by atoms with Crippen LogP contribution in [-0.2, 0) is 3.79 Å². The molecule has 102 valence electrons. The third kappa shape index (κ3) is 2.99. The minimum Gasteiger partial charge on any atom is -0.457 e. The number of hydrogen-bond acceptors (Lipinski definition) is 4. The summed E-state index contributed by atoms with van der Waals surface area (Å²) in [5.41, 5.74) is 0.839. The second kappa shape index (κ2) is 5.37. The molecule has 20 heavy (non-hydrogen) atoms. The number of halogens is 3. The van der Waals surface area contributed by atoms with E-state index in [1.807, 2.05) is 36.4 Å². The molecule has 2 heterocycles. The molecule has 0 amide bonds. The van der Waals surface area contributed by atoms with Gasteiger partial charge in [0.15, 0.2) is 5.01 Å². The van der Waals surface area contributed by atoms with E-state index in [-0.39, 0.29) is 0 Å². The van der Waals surface area contributed by atoms with Crippen LogP contribution in [-0.4, -0.2) is 10.2 Å². The topological polar surface area (TPSA) is 38.9 Å². The summed E-state index contributed by atoms with van der Waals surface area (Å²) in [7, 11) is 0. The molecule has 0 aliphatic carbocycles. The molecule has 3 nitrogen and oxygen atoms in total. The zero-order valence-electron chi connectivity index (χ0n) is 9.89. The number of aromatic nitrogens is 2. The van der Waals surface area contributed by atoms with Crippen LogP contribution >= 0.6 is 46.1 Å². The highest BCUT2D eigenvalue weighted by atomic mass is 35.6. The number of para-hydroxylation sites is 1. The lowest BCUT2D eigenvalue weighted by atomic mass is 10.2. The lowest BCUT2D eigenvalue weighted by Crippen LogP contribution is -1.98. The van der Waals surface area contributed by atoms with Gasteiger partial charge in [-0.1, -0.05) is 64.3 Å². The van der Waals surface area contributed by atoms with Crippen molar-refractivity contribution in [1.29, 1.82) is 0 Å². The normalized spacial score (nSPS) is 12.6. The van der Waals surface area contributed by atoms with Crippen LogP contribution in [0.5, 0.6) is 0 Å². The van der Waals surface area contributed by atoms with Crippen LogP contribution < -0.4 is 0 Å². The Hall–Kier alpha value is -1.07. The van der Waals surface area contributed by atoms with E-state index in [4.69, 9.17) is 39.2 Å². The van der Waals surface area contributed by atoms with Crippen molar-refractivity contribution in [2.45, 2.75) is 3.79 Å². The quantitative estimate of drug-likeness (QED) is 0.593. The summed E-state index contributed by atoms with van der Waals surface area (Å²) < 4.78 is 4.12. The van der Waals surface area contributed by atoms with Gasteiger partial charge in [-0.15, -0.1) is 10.2 Å². The summed E-state index contributed by atoms with van der Waals surface area (Å²) in [6.07, 6.45) is 3.58. The van der Waals surface area contributed by atoms with Gasteiger partial charge in [-0.3, -0.25) is 0 Å². The Morgan fingerprint density at radius 3 is 2.60 bits per heavy atom. The van der Waals surface area contributed by atoms with Crippen LogP contribution in [0.25, 0.3) is 23.1 Å². The molecule has 0 fully saturated rings. The van der Waals surface area contributed by atoms with Crippen molar-refractivity contribution in [2.75, 3.05) is 0 Å². The first-order chi connectivity index (χ1) is 9.52. The van der Waals surface area contributed by atoms with Crippen molar-refractivity contribution in [2.24, 2.45) is 0 Å². The predicted molar refractivity (Wildman–Crippen MR) is 84.3 cm³/mol. The Bertz CT molecular complexity index is 740. The zero-order chi connectivity index (χ0) is 14.2. The van der Waals surface area contributed by atoms with Crippen molar-refractivity contribution >= 4 is 69.3 Å². The molecule has 1 aromatic carbocycles. The van der Waals surface area contributed by atoms with E-state index in [0.29, 0.717) is 10.0 Å². The number of furan rings is 1. The van der Waals surface area contributed by atoms with Gasteiger partial charge in [-0.25, -0.2) is 0 Å². The third-order valence-electron chi connectivity index (χ3n) is 2.52. The van der Waals surface area contributed by atoms with Crippen molar-refractivity contribution in [3.63, 3.8) is 0 Å². The highest BCUT2D eigenvalue weighted by Gasteiger charge is 2.27. The highest BCUT2D eigenvalue weighted by molar-refractivity contribution is 7.13. The molecule has 0 N–H and O–H groups in total. The smallest absolute Gasteiger partial charge is 0.243 e. The first-order valence-corrected chi connectivity index (χ1v) is 7.55. The summed E-state index contributed by atoms with van der Waals surface area (Å²) in [5, 5.41) is 9.80. The Morgan fingerprint density at radius 1 is 1.10 bits per heavy atom. The van der Waals surface area contributed by atoms with Gasteiger partial charge in [0.2, 0.25) is 3.79 Å². The third-order valence-corrected chi connectivity index (χ3v) is 4.40. The van der Waals surface area contributed by atoms with Gasteiger partial charge in [-0.05, 0) is 24.3 Å². The first kappa shape index (κ1) is 13.9. The molecule has 0 radical (unpaired) electrons. The average molecular weight is 346 g/mol. The average Bonchev–Trinajstić information content (AvgIpc) is 3.02. The van der Waals surface area contributed by atoms with E-state index in [0.717, 1.165) is 16.7 Å². The van der Waals surface area contributed by atoms with Gasteiger partial charge in [0.05, 0.1) is 0 Å². The van der Waals surface area contributed by atoms with Crippen LogP contribution in [0, 0.1) is 0 Å². The summed E-state index contributed by atoms with van der Waals surface area (Å²) >= 11 is 18.4. The molecule has 0 bridgehead atoms. The predicted octanol–water partition coefficient (Wildman–Crippen LogP) is 5.28. The fourth-order valence-corrected chi connectivity index (χ4v) is 2.73. The molecule has 3 aromatic rings. The summed E-state index contributed by atoms with van der Waals surface area (Å²) in [6, 6.07) is 9.74. The van der Waals surface area contributed by atoms with Crippen molar-refractivity contribution in [3.8, 4) is 0 Å². The summed E-state index contributed by atoms with van der Waals surface area (Å²) in [5.74, 6) is 0.733. The SMILES string of the molecule is ClC(Cl)(Cl)c1nnc(/C=C/c2cc3ccccc3o2)s1. The number of hydrogen-bond donors (Lipinski definition) is 0. The molecule has 0 aliphatic heterocycles. The van der Waals surface area contributed by atoms with Crippen LogP contribution in [0.2, 0.25) is 0 Å². The molecular formula is C13H7Cl3N2OS. The van der Waals surface area contributed by atoms with Crippen LogP contribution in [0.15, 0.2) is 34.7 Å². The van der Waals surface area contributed by atoms with Crippen molar-refractivity contribution < 1.29 is 4.42 Å². The number of benzene rings is 1.